The summed E-state index contributed by atoms with van der Waals surface area (Å²) in [6.07, 6.45) is 4.51. The number of anilines is 2. The second-order valence-electron chi connectivity index (χ2n) is 6.12. The highest BCUT2D eigenvalue weighted by molar-refractivity contribution is 5.65. The highest BCUT2D eigenvalue weighted by Crippen LogP contribution is 2.26. The maximum Gasteiger partial charge on any atom is 0.101 e. The van der Waals surface area contributed by atoms with Gasteiger partial charge in [0.05, 0.1) is 30.6 Å². The first-order chi connectivity index (χ1) is 11.3. The van der Waals surface area contributed by atoms with Gasteiger partial charge in [0, 0.05) is 25.3 Å². The number of nitrogens with zero attached hydrogens (tertiary/aromatic N) is 2. The molecule has 2 heterocycles. The van der Waals surface area contributed by atoms with E-state index in [4.69, 9.17) is 4.74 Å². The van der Waals surface area contributed by atoms with Crippen molar-refractivity contribution in [1.82, 2.24) is 0 Å². The van der Waals surface area contributed by atoms with Crippen LogP contribution in [0, 0.1) is 11.3 Å². The zero-order valence-electron chi connectivity index (χ0n) is 13.3. The van der Waals surface area contributed by atoms with Crippen LogP contribution < -0.4 is 10.2 Å². The molecule has 122 valence electrons. The van der Waals surface area contributed by atoms with Gasteiger partial charge < -0.3 is 20.1 Å². The predicted octanol–water partition coefficient (Wildman–Crippen LogP) is 2.28. The van der Waals surface area contributed by atoms with Crippen LogP contribution in [0.25, 0.3) is 0 Å². The Morgan fingerprint density at radius 3 is 2.87 bits per heavy atom. The smallest absolute Gasteiger partial charge is 0.101 e. The Kier molecular flexibility index (Phi) is 5.16. The van der Waals surface area contributed by atoms with E-state index < -0.39 is 0 Å². The fourth-order valence-corrected chi connectivity index (χ4v) is 3.07. The van der Waals surface area contributed by atoms with Crippen LogP contribution in [-0.2, 0) is 4.74 Å². The third kappa shape index (κ3) is 4.04. The first-order valence-corrected chi connectivity index (χ1v) is 8.23. The summed E-state index contributed by atoms with van der Waals surface area (Å²) in [6.45, 7) is 3.84. The maximum atomic E-state index is 9.62. The summed E-state index contributed by atoms with van der Waals surface area (Å²) >= 11 is 0. The van der Waals surface area contributed by atoms with Crippen LogP contribution in [0.4, 0.5) is 11.4 Å². The molecular formula is C18H23N3O2. The number of aliphatic hydroxyl groups is 1. The van der Waals surface area contributed by atoms with Gasteiger partial charge in [-0.3, -0.25) is 0 Å². The van der Waals surface area contributed by atoms with E-state index in [1.807, 2.05) is 18.2 Å². The molecule has 0 bridgehead atoms. The van der Waals surface area contributed by atoms with Crippen molar-refractivity contribution in [2.75, 3.05) is 43.1 Å². The molecule has 2 aliphatic rings. The summed E-state index contributed by atoms with van der Waals surface area (Å²) in [4.78, 5) is 2.19. The minimum Gasteiger partial charge on any atom is -0.393 e. The molecule has 5 nitrogen and oxygen atoms in total. The Morgan fingerprint density at radius 1 is 1.35 bits per heavy atom. The number of nitriles is 1. The number of piperidine rings is 1. The van der Waals surface area contributed by atoms with Gasteiger partial charge in [0.25, 0.3) is 0 Å². The van der Waals surface area contributed by atoms with Crippen LogP contribution in [0.5, 0.6) is 0 Å². The summed E-state index contributed by atoms with van der Waals surface area (Å²) in [5.74, 6) is 0. The van der Waals surface area contributed by atoms with Crippen LogP contribution in [0.15, 0.2) is 29.8 Å². The molecule has 0 spiro atoms. The van der Waals surface area contributed by atoms with Crippen LogP contribution in [-0.4, -0.2) is 44.1 Å². The topological polar surface area (TPSA) is 68.5 Å². The van der Waals surface area contributed by atoms with E-state index in [0.29, 0.717) is 12.2 Å². The monoisotopic (exact) mass is 313 g/mol. The highest BCUT2D eigenvalue weighted by Gasteiger charge is 2.19. The van der Waals surface area contributed by atoms with Crippen molar-refractivity contribution in [2.24, 2.45) is 0 Å². The van der Waals surface area contributed by atoms with Crippen LogP contribution in [0.3, 0.4) is 0 Å². The second kappa shape index (κ2) is 7.49. The molecule has 0 aromatic heterocycles. The molecule has 0 aliphatic carbocycles. The van der Waals surface area contributed by atoms with Gasteiger partial charge in [0.15, 0.2) is 0 Å². The van der Waals surface area contributed by atoms with E-state index in [-0.39, 0.29) is 6.10 Å². The van der Waals surface area contributed by atoms with Crippen LogP contribution in [0.1, 0.15) is 24.8 Å². The molecule has 1 saturated heterocycles. The first kappa shape index (κ1) is 15.9. The standard InChI is InChI=1S/C18H23N3O2/c19-11-15-10-16(20-12-14-2-1-9-23-13-14)3-4-18(15)21-7-5-17(22)6-8-21/h2-4,10,17,20,22H,1,5-9,12-13H2. The molecule has 5 heteroatoms. The Hall–Kier alpha value is -2.03. The molecule has 23 heavy (non-hydrogen) atoms. The van der Waals surface area contributed by atoms with Crippen LogP contribution >= 0.6 is 0 Å². The summed E-state index contributed by atoms with van der Waals surface area (Å²) in [7, 11) is 0. The number of hydrogen-bond acceptors (Lipinski definition) is 5. The molecule has 1 fully saturated rings. The van der Waals surface area contributed by atoms with Gasteiger partial charge >= 0.3 is 0 Å². The number of nitrogens with one attached hydrogen (secondary N) is 1. The van der Waals surface area contributed by atoms with Crippen molar-refractivity contribution in [3.05, 3.63) is 35.4 Å². The first-order valence-electron chi connectivity index (χ1n) is 8.23. The fourth-order valence-electron chi connectivity index (χ4n) is 3.07. The number of ether oxygens (including phenoxy) is 1. The highest BCUT2D eigenvalue weighted by atomic mass is 16.5. The van der Waals surface area contributed by atoms with E-state index in [1.165, 1.54) is 5.57 Å². The second-order valence-corrected chi connectivity index (χ2v) is 6.12. The Balaban J connectivity index is 1.67. The van der Waals surface area contributed by atoms with E-state index in [9.17, 15) is 10.4 Å². The normalized spacial score (nSPS) is 19.1. The number of benzene rings is 1. The summed E-state index contributed by atoms with van der Waals surface area (Å²) in [5.41, 5.74) is 3.85. The van der Waals surface area contributed by atoms with Gasteiger partial charge in [-0.05, 0) is 43.0 Å². The van der Waals surface area contributed by atoms with E-state index >= 15 is 0 Å². The van der Waals surface area contributed by atoms with Crippen molar-refractivity contribution >= 4 is 11.4 Å². The van der Waals surface area contributed by atoms with Gasteiger partial charge in [-0.1, -0.05) is 6.08 Å². The minimum atomic E-state index is -0.205. The molecule has 0 unspecified atom stereocenters. The Labute approximate surface area is 137 Å². The van der Waals surface area contributed by atoms with Gasteiger partial charge in [0.2, 0.25) is 0 Å². The average molecular weight is 313 g/mol. The maximum absolute atomic E-state index is 9.62. The summed E-state index contributed by atoms with van der Waals surface area (Å²) < 4.78 is 5.43. The molecular weight excluding hydrogens is 290 g/mol. The van der Waals surface area contributed by atoms with E-state index in [0.717, 1.165) is 56.9 Å². The van der Waals surface area contributed by atoms with Crippen molar-refractivity contribution < 1.29 is 9.84 Å². The van der Waals surface area contributed by atoms with Crippen LogP contribution in [0.2, 0.25) is 0 Å². The molecule has 2 aliphatic heterocycles. The van der Waals surface area contributed by atoms with Gasteiger partial charge in [0.1, 0.15) is 6.07 Å². The van der Waals surface area contributed by atoms with Crippen molar-refractivity contribution in [2.45, 2.75) is 25.4 Å². The largest absolute Gasteiger partial charge is 0.393 e. The third-order valence-electron chi connectivity index (χ3n) is 4.42. The third-order valence-corrected chi connectivity index (χ3v) is 4.42. The minimum absolute atomic E-state index is 0.205. The van der Waals surface area contributed by atoms with Gasteiger partial charge in [-0.25, -0.2) is 0 Å². The lowest BCUT2D eigenvalue weighted by molar-refractivity contribution is 0.145. The summed E-state index contributed by atoms with van der Waals surface area (Å²) in [6, 6.07) is 8.23. The summed E-state index contributed by atoms with van der Waals surface area (Å²) in [5, 5.41) is 22.4. The van der Waals surface area contributed by atoms with Crippen molar-refractivity contribution in [1.29, 1.82) is 5.26 Å². The molecule has 3 rings (SSSR count). The molecule has 0 saturated carbocycles. The molecule has 0 radical (unpaired) electrons. The lowest BCUT2D eigenvalue weighted by Gasteiger charge is -2.32. The number of hydrogen-bond donors (Lipinski definition) is 2. The van der Waals surface area contributed by atoms with E-state index in [1.54, 1.807) is 0 Å². The average Bonchev–Trinajstić information content (AvgIpc) is 2.61. The van der Waals surface area contributed by atoms with Gasteiger partial charge in [-0.15, -0.1) is 0 Å². The lowest BCUT2D eigenvalue weighted by Crippen LogP contribution is -2.36. The SMILES string of the molecule is N#Cc1cc(NCC2=CCCOC2)ccc1N1CCC(O)CC1. The zero-order valence-corrected chi connectivity index (χ0v) is 13.3. The Morgan fingerprint density at radius 2 is 2.17 bits per heavy atom. The fraction of sp³-hybridized carbons (Fsp3) is 0.500. The molecule has 1 aromatic carbocycles. The van der Waals surface area contributed by atoms with E-state index in [2.05, 4.69) is 22.4 Å². The lowest BCUT2D eigenvalue weighted by atomic mass is 10.0. The quantitative estimate of drug-likeness (QED) is 0.835. The zero-order chi connectivity index (χ0) is 16.1. The molecule has 0 amide bonds. The van der Waals surface area contributed by atoms with Crippen molar-refractivity contribution in [3.63, 3.8) is 0 Å². The number of aliphatic hydroxyl groups excluding tert-OH is 1. The molecule has 2 N–H and O–H groups in total. The Bertz CT molecular complexity index is 613. The van der Waals surface area contributed by atoms with Crippen molar-refractivity contribution in [3.8, 4) is 6.07 Å². The predicted molar refractivity (Wildman–Crippen MR) is 90.6 cm³/mol. The molecule has 0 atom stereocenters. The van der Waals surface area contributed by atoms with Gasteiger partial charge in [-0.2, -0.15) is 5.26 Å². The molecule has 1 aromatic rings. The number of rotatable bonds is 4.